The number of nitriles is 1. The monoisotopic (exact) mass is 393 g/mol. The van der Waals surface area contributed by atoms with E-state index in [2.05, 4.69) is 15.5 Å². The first-order valence-corrected chi connectivity index (χ1v) is 8.93. The Bertz CT molecular complexity index is 977. The van der Waals surface area contributed by atoms with E-state index < -0.39 is 10.8 Å². The lowest BCUT2D eigenvalue weighted by atomic mass is 10.2. The predicted molar refractivity (Wildman–Crippen MR) is 109 cm³/mol. The summed E-state index contributed by atoms with van der Waals surface area (Å²) in [5.74, 6) is -0.663. The van der Waals surface area contributed by atoms with Crippen molar-refractivity contribution in [3.8, 4) is 6.07 Å². The zero-order valence-corrected chi connectivity index (χ0v) is 15.5. The average molecular weight is 393 g/mol. The Balaban J connectivity index is 1.74. The molecule has 9 heteroatoms. The highest BCUT2D eigenvalue weighted by atomic mass is 16.6. The largest absolute Gasteiger partial charge is 0.378 e. The molecular formula is C20H19N5O4. The molecule has 0 bridgehead atoms. The standard InChI is InChI=1S/C20H19N5O4/c21-13-15(20(26)23-16-4-3-5-17(12-16)25(27)28)14-22-18-6-1-2-7-19(18)24-8-10-29-11-9-24/h1-7,12,14,22H,8-11H2,(H,23,26)/b15-14-. The molecule has 0 radical (unpaired) electrons. The van der Waals surface area contributed by atoms with Crippen LogP contribution in [0.2, 0.25) is 0 Å². The Morgan fingerprint density at radius 2 is 1.97 bits per heavy atom. The van der Waals surface area contributed by atoms with Gasteiger partial charge in [-0.1, -0.05) is 18.2 Å². The first-order chi connectivity index (χ1) is 14.1. The van der Waals surface area contributed by atoms with Gasteiger partial charge in [-0.2, -0.15) is 5.26 Å². The van der Waals surface area contributed by atoms with Gasteiger partial charge in [0.1, 0.15) is 11.6 Å². The number of nitro groups is 1. The molecule has 3 rings (SSSR count). The number of rotatable bonds is 6. The first-order valence-electron chi connectivity index (χ1n) is 8.93. The van der Waals surface area contributed by atoms with Crippen LogP contribution in [0.15, 0.2) is 60.3 Å². The summed E-state index contributed by atoms with van der Waals surface area (Å²) in [4.78, 5) is 24.9. The van der Waals surface area contributed by atoms with E-state index in [1.807, 2.05) is 30.3 Å². The maximum atomic E-state index is 12.4. The van der Waals surface area contributed by atoms with Crippen molar-refractivity contribution in [3.05, 3.63) is 70.4 Å². The number of amides is 1. The van der Waals surface area contributed by atoms with E-state index in [1.165, 1.54) is 30.5 Å². The first kappa shape index (κ1) is 19.9. The second-order valence-corrected chi connectivity index (χ2v) is 6.19. The topological polar surface area (TPSA) is 121 Å². The lowest BCUT2D eigenvalue weighted by Crippen LogP contribution is -2.36. The average Bonchev–Trinajstić information content (AvgIpc) is 2.75. The molecule has 9 nitrogen and oxygen atoms in total. The van der Waals surface area contributed by atoms with Crippen LogP contribution in [-0.2, 0) is 9.53 Å². The molecule has 1 saturated heterocycles. The molecule has 0 saturated carbocycles. The number of hydrogen-bond acceptors (Lipinski definition) is 7. The highest BCUT2D eigenvalue weighted by molar-refractivity contribution is 6.06. The predicted octanol–water partition coefficient (Wildman–Crippen LogP) is 2.89. The van der Waals surface area contributed by atoms with Crippen LogP contribution in [0.5, 0.6) is 0 Å². The lowest BCUT2D eigenvalue weighted by Gasteiger charge is -2.30. The molecule has 148 valence electrons. The number of nitro benzene ring substituents is 1. The SMILES string of the molecule is N#C/C(=C/Nc1ccccc1N1CCOCC1)C(=O)Nc1cccc([N+](=O)[O-])c1. The third-order valence-electron chi connectivity index (χ3n) is 4.31. The van der Waals surface area contributed by atoms with Crippen LogP contribution >= 0.6 is 0 Å². The number of hydrogen-bond donors (Lipinski definition) is 2. The van der Waals surface area contributed by atoms with Crippen molar-refractivity contribution in [1.82, 2.24) is 0 Å². The maximum absolute atomic E-state index is 12.4. The second kappa shape index (κ2) is 9.34. The summed E-state index contributed by atoms with van der Waals surface area (Å²) in [5, 5.41) is 25.7. The number of para-hydroxylation sites is 2. The molecule has 2 aromatic carbocycles. The zero-order chi connectivity index (χ0) is 20.6. The van der Waals surface area contributed by atoms with Crippen LogP contribution in [-0.4, -0.2) is 37.1 Å². The molecule has 0 unspecified atom stereocenters. The maximum Gasteiger partial charge on any atom is 0.271 e. The minimum absolute atomic E-state index is 0.150. The van der Waals surface area contributed by atoms with Gasteiger partial charge >= 0.3 is 0 Å². The van der Waals surface area contributed by atoms with Gasteiger partial charge < -0.3 is 20.3 Å². The van der Waals surface area contributed by atoms with Gasteiger partial charge in [-0.15, -0.1) is 0 Å². The van der Waals surface area contributed by atoms with Gasteiger partial charge in [0.2, 0.25) is 0 Å². The number of benzene rings is 2. The van der Waals surface area contributed by atoms with Gasteiger partial charge in [0, 0.05) is 37.1 Å². The summed E-state index contributed by atoms with van der Waals surface area (Å²) in [5.41, 5.74) is 1.63. The van der Waals surface area contributed by atoms with E-state index in [0.29, 0.717) is 13.2 Å². The molecule has 1 heterocycles. The van der Waals surface area contributed by atoms with Gasteiger partial charge in [0.15, 0.2) is 0 Å². The van der Waals surface area contributed by atoms with E-state index in [0.717, 1.165) is 24.5 Å². The number of carbonyl (C=O) groups excluding carboxylic acids is 1. The molecule has 0 spiro atoms. The van der Waals surface area contributed by atoms with E-state index in [1.54, 1.807) is 0 Å². The van der Waals surface area contributed by atoms with Gasteiger partial charge in [-0.05, 0) is 18.2 Å². The molecule has 1 aliphatic heterocycles. The van der Waals surface area contributed by atoms with Crippen LogP contribution in [0.3, 0.4) is 0 Å². The zero-order valence-electron chi connectivity index (χ0n) is 15.5. The quantitative estimate of drug-likeness (QED) is 0.335. The summed E-state index contributed by atoms with van der Waals surface area (Å²) in [6.45, 7) is 2.78. The van der Waals surface area contributed by atoms with Crippen molar-refractivity contribution in [2.75, 3.05) is 41.8 Å². The van der Waals surface area contributed by atoms with Gasteiger partial charge in [0.25, 0.3) is 11.6 Å². The van der Waals surface area contributed by atoms with E-state index >= 15 is 0 Å². The second-order valence-electron chi connectivity index (χ2n) is 6.19. The van der Waals surface area contributed by atoms with Crippen molar-refractivity contribution in [1.29, 1.82) is 5.26 Å². The number of carbonyl (C=O) groups is 1. The van der Waals surface area contributed by atoms with Crippen molar-refractivity contribution < 1.29 is 14.5 Å². The van der Waals surface area contributed by atoms with E-state index in [9.17, 15) is 20.2 Å². The minimum atomic E-state index is -0.663. The number of nitrogens with one attached hydrogen (secondary N) is 2. The van der Waals surface area contributed by atoms with Gasteiger partial charge in [0.05, 0.1) is 29.5 Å². The fourth-order valence-corrected chi connectivity index (χ4v) is 2.87. The van der Waals surface area contributed by atoms with Crippen molar-refractivity contribution >= 4 is 28.7 Å². The van der Waals surface area contributed by atoms with Crippen molar-refractivity contribution in [3.63, 3.8) is 0 Å². The molecule has 1 aliphatic rings. The smallest absolute Gasteiger partial charge is 0.271 e. The summed E-state index contributed by atoms with van der Waals surface area (Å²) in [7, 11) is 0. The van der Waals surface area contributed by atoms with Crippen LogP contribution in [0, 0.1) is 21.4 Å². The molecule has 0 aromatic heterocycles. The van der Waals surface area contributed by atoms with Crippen molar-refractivity contribution in [2.45, 2.75) is 0 Å². The molecular weight excluding hydrogens is 374 g/mol. The Hall–Kier alpha value is -3.90. The molecule has 0 atom stereocenters. The highest BCUT2D eigenvalue weighted by Crippen LogP contribution is 2.26. The number of anilines is 3. The third kappa shape index (κ3) is 5.09. The molecule has 0 aliphatic carbocycles. The van der Waals surface area contributed by atoms with E-state index in [-0.39, 0.29) is 16.9 Å². The number of nitrogens with zero attached hydrogens (tertiary/aromatic N) is 3. The highest BCUT2D eigenvalue weighted by Gasteiger charge is 2.15. The van der Waals surface area contributed by atoms with Gasteiger partial charge in [-0.25, -0.2) is 0 Å². The summed E-state index contributed by atoms with van der Waals surface area (Å²) in [6, 6.07) is 15.0. The Kier molecular flexibility index (Phi) is 6.40. The number of ether oxygens (including phenoxy) is 1. The summed E-state index contributed by atoms with van der Waals surface area (Å²) < 4.78 is 5.38. The van der Waals surface area contributed by atoms with Crippen LogP contribution in [0.1, 0.15) is 0 Å². The summed E-state index contributed by atoms with van der Waals surface area (Å²) in [6.07, 6.45) is 1.33. The van der Waals surface area contributed by atoms with Crippen molar-refractivity contribution in [2.24, 2.45) is 0 Å². The fourth-order valence-electron chi connectivity index (χ4n) is 2.87. The Morgan fingerprint density at radius 3 is 2.69 bits per heavy atom. The minimum Gasteiger partial charge on any atom is -0.378 e. The van der Waals surface area contributed by atoms with Crippen LogP contribution < -0.4 is 15.5 Å². The Labute approximate surface area is 167 Å². The van der Waals surface area contributed by atoms with Gasteiger partial charge in [-0.3, -0.25) is 14.9 Å². The summed E-state index contributed by atoms with van der Waals surface area (Å²) >= 11 is 0. The molecule has 1 amide bonds. The van der Waals surface area contributed by atoms with E-state index in [4.69, 9.17) is 4.74 Å². The third-order valence-corrected chi connectivity index (χ3v) is 4.31. The molecule has 1 fully saturated rings. The molecule has 2 N–H and O–H groups in total. The molecule has 2 aromatic rings. The van der Waals surface area contributed by atoms with Crippen LogP contribution in [0.4, 0.5) is 22.7 Å². The molecule has 29 heavy (non-hydrogen) atoms. The lowest BCUT2D eigenvalue weighted by molar-refractivity contribution is -0.384. The fraction of sp³-hybridized carbons (Fsp3) is 0.200. The number of non-ortho nitro benzene ring substituents is 1. The Morgan fingerprint density at radius 1 is 1.21 bits per heavy atom. The number of morpholine rings is 1. The normalized spacial score (nSPS) is 14.0. The van der Waals surface area contributed by atoms with Crippen LogP contribution in [0.25, 0.3) is 0 Å².